The Morgan fingerprint density at radius 1 is 1.38 bits per heavy atom. The van der Waals surface area contributed by atoms with Crippen LogP contribution in [0.2, 0.25) is 6.55 Å². The fourth-order valence-electron chi connectivity index (χ4n) is 0.319. The highest BCUT2D eigenvalue weighted by atomic mass is 28.2. The van der Waals surface area contributed by atoms with Crippen molar-refractivity contribution < 1.29 is 9.47 Å². The van der Waals surface area contributed by atoms with E-state index in [9.17, 15) is 0 Å². The summed E-state index contributed by atoms with van der Waals surface area (Å²) in [6, 6.07) is 0. The van der Waals surface area contributed by atoms with Gasteiger partial charge in [0.15, 0.2) is 0 Å². The van der Waals surface area contributed by atoms with Gasteiger partial charge in [-0.05, 0) is 5.70 Å². The molecule has 0 aromatic carbocycles. The Kier molecular flexibility index (Phi) is 4.45. The minimum Gasteiger partial charge on any atom is -0.469 e. The summed E-state index contributed by atoms with van der Waals surface area (Å²) >= 11 is 0. The molecule has 8 heavy (non-hydrogen) atoms. The molecule has 2 nitrogen and oxygen atoms in total. The van der Waals surface area contributed by atoms with Crippen LogP contribution in [0.4, 0.5) is 0 Å². The zero-order chi connectivity index (χ0) is 6.41. The maximum Gasteiger partial charge on any atom is 0.269 e. The first-order chi connectivity index (χ1) is 3.85. The van der Waals surface area contributed by atoms with E-state index in [0.29, 0.717) is 5.95 Å². The zero-order valence-corrected chi connectivity index (χ0v) is 6.39. The van der Waals surface area contributed by atoms with Gasteiger partial charge in [0.05, 0.1) is 23.7 Å². The first-order valence-corrected chi connectivity index (χ1v) is 3.88. The van der Waals surface area contributed by atoms with Gasteiger partial charge < -0.3 is 9.47 Å². The highest BCUT2D eigenvalue weighted by Gasteiger charge is 1.86. The molecule has 0 amide bonds. The molecule has 0 spiro atoms. The molecule has 0 rings (SSSR count). The van der Waals surface area contributed by atoms with Crippen molar-refractivity contribution >= 4 is 9.52 Å². The van der Waals surface area contributed by atoms with Crippen LogP contribution in [0.15, 0.2) is 11.6 Å². The van der Waals surface area contributed by atoms with Gasteiger partial charge in [-0.15, -0.1) is 0 Å². The van der Waals surface area contributed by atoms with E-state index >= 15 is 0 Å². The Morgan fingerprint density at radius 2 is 1.88 bits per heavy atom. The monoisotopic (exact) mass is 130 g/mol. The van der Waals surface area contributed by atoms with Crippen molar-refractivity contribution in [3.63, 3.8) is 0 Å². The molecular weight excluding hydrogens is 120 g/mol. The summed E-state index contributed by atoms with van der Waals surface area (Å²) in [6.07, 6.45) is 0. The predicted molar refractivity (Wildman–Crippen MR) is 33.7 cm³/mol. The summed E-state index contributed by atoms with van der Waals surface area (Å²) in [5.41, 5.74) is 1.90. The minimum absolute atomic E-state index is 0.603. The van der Waals surface area contributed by atoms with Gasteiger partial charge in [-0.3, -0.25) is 0 Å². The Balaban J connectivity index is 3.49. The summed E-state index contributed by atoms with van der Waals surface area (Å²) in [5, 5.41) is 0. The van der Waals surface area contributed by atoms with Crippen LogP contribution < -0.4 is 0 Å². The quantitative estimate of drug-likeness (QED) is 0.416. The number of hydrogen-bond acceptors (Lipinski definition) is 2. The highest BCUT2D eigenvalue weighted by Crippen LogP contribution is 1.91. The summed E-state index contributed by atoms with van der Waals surface area (Å²) in [6.45, 7) is 2.05. The van der Waals surface area contributed by atoms with Crippen LogP contribution >= 0.6 is 0 Å². The van der Waals surface area contributed by atoms with Gasteiger partial charge >= 0.3 is 0 Å². The summed E-state index contributed by atoms with van der Waals surface area (Å²) in [7, 11) is 3.93. The van der Waals surface area contributed by atoms with E-state index in [1.807, 2.05) is 5.70 Å². The molecule has 0 unspecified atom stereocenters. The molecule has 0 bridgehead atoms. The lowest BCUT2D eigenvalue weighted by atomic mass is 11.0. The number of rotatable bonds is 3. The first-order valence-electron chi connectivity index (χ1n) is 2.30. The second-order valence-corrected chi connectivity index (χ2v) is 2.03. The fraction of sp³-hybridized carbons (Fsp3) is 0.600. The Bertz CT molecular complexity index is 74.5. The molecular formula is C5H10O2Si. The van der Waals surface area contributed by atoms with Crippen molar-refractivity contribution in [2.24, 2.45) is 0 Å². The topological polar surface area (TPSA) is 18.5 Å². The van der Waals surface area contributed by atoms with Crippen LogP contribution in [0.5, 0.6) is 0 Å². The highest BCUT2D eigenvalue weighted by molar-refractivity contribution is 6.40. The van der Waals surface area contributed by atoms with E-state index in [0.717, 1.165) is 9.52 Å². The van der Waals surface area contributed by atoms with Gasteiger partial charge in [-0.2, -0.15) is 0 Å². The molecule has 46 valence electrons. The number of methoxy groups -OCH3 is 2. The van der Waals surface area contributed by atoms with E-state index in [1.54, 1.807) is 14.2 Å². The van der Waals surface area contributed by atoms with Crippen molar-refractivity contribution in [1.29, 1.82) is 0 Å². The molecule has 0 saturated carbocycles. The smallest absolute Gasteiger partial charge is 0.269 e. The Morgan fingerprint density at radius 3 is 2.00 bits per heavy atom. The second-order valence-electron chi connectivity index (χ2n) is 1.16. The molecule has 0 fully saturated rings. The van der Waals surface area contributed by atoms with E-state index in [2.05, 4.69) is 6.55 Å². The van der Waals surface area contributed by atoms with Crippen LogP contribution in [0.3, 0.4) is 0 Å². The third-order valence-electron chi connectivity index (χ3n) is 0.665. The summed E-state index contributed by atoms with van der Waals surface area (Å²) in [4.78, 5) is 0. The van der Waals surface area contributed by atoms with Crippen LogP contribution in [0, 0.1) is 0 Å². The number of ether oxygens (including phenoxy) is 2. The Labute approximate surface area is 52.3 Å². The third kappa shape index (κ3) is 2.68. The van der Waals surface area contributed by atoms with Crippen molar-refractivity contribution in [3.8, 4) is 0 Å². The first kappa shape index (κ1) is 7.56. The van der Waals surface area contributed by atoms with Crippen LogP contribution in [0.1, 0.15) is 0 Å². The summed E-state index contributed by atoms with van der Waals surface area (Å²) < 4.78 is 9.57. The molecule has 3 heteroatoms. The largest absolute Gasteiger partial charge is 0.469 e. The van der Waals surface area contributed by atoms with E-state index in [4.69, 9.17) is 9.47 Å². The van der Waals surface area contributed by atoms with Gasteiger partial charge in [-0.25, -0.2) is 0 Å². The molecule has 0 aliphatic heterocycles. The van der Waals surface area contributed by atoms with Gasteiger partial charge in [-0.1, -0.05) is 6.55 Å². The Hall–Kier alpha value is -0.443. The van der Waals surface area contributed by atoms with Gasteiger partial charge in [0.1, 0.15) is 0 Å². The molecule has 0 atom stereocenters. The van der Waals surface area contributed by atoms with Crippen molar-refractivity contribution in [3.05, 3.63) is 11.6 Å². The molecule has 0 N–H and O–H groups in total. The second kappa shape index (κ2) is 4.71. The van der Waals surface area contributed by atoms with Crippen molar-refractivity contribution in [1.82, 2.24) is 0 Å². The number of hydrogen-bond donors (Lipinski definition) is 0. The molecule has 0 aromatic heterocycles. The van der Waals surface area contributed by atoms with Gasteiger partial charge in [0, 0.05) is 0 Å². The lowest BCUT2D eigenvalue weighted by Crippen LogP contribution is -1.90. The maximum absolute atomic E-state index is 4.79. The van der Waals surface area contributed by atoms with E-state index in [-0.39, 0.29) is 0 Å². The molecule has 0 heterocycles. The van der Waals surface area contributed by atoms with E-state index < -0.39 is 0 Å². The average Bonchev–Trinajstić information content (AvgIpc) is 1.83. The third-order valence-corrected chi connectivity index (χ3v) is 1.19. The van der Waals surface area contributed by atoms with E-state index in [1.165, 1.54) is 0 Å². The minimum atomic E-state index is 0.603. The molecule has 0 aliphatic rings. The SMILES string of the molecule is COC(=C[Si]C)OC. The molecule has 0 aliphatic carbocycles. The van der Waals surface area contributed by atoms with Crippen LogP contribution in [-0.2, 0) is 9.47 Å². The fourth-order valence-corrected chi connectivity index (χ4v) is 0.790. The van der Waals surface area contributed by atoms with Crippen LogP contribution in [0.25, 0.3) is 0 Å². The van der Waals surface area contributed by atoms with Gasteiger partial charge in [0.2, 0.25) is 0 Å². The van der Waals surface area contributed by atoms with Crippen molar-refractivity contribution in [2.75, 3.05) is 14.2 Å². The molecule has 0 aromatic rings. The average molecular weight is 130 g/mol. The van der Waals surface area contributed by atoms with Crippen LogP contribution in [-0.4, -0.2) is 23.7 Å². The zero-order valence-electron chi connectivity index (χ0n) is 5.39. The molecule has 0 saturated heterocycles. The predicted octanol–water partition coefficient (Wildman–Crippen LogP) is 0.830. The molecule has 2 radical (unpaired) electrons. The lowest BCUT2D eigenvalue weighted by Gasteiger charge is -2.00. The lowest BCUT2D eigenvalue weighted by molar-refractivity contribution is 0.0964. The normalized spacial score (nSPS) is 7.88. The van der Waals surface area contributed by atoms with Crippen molar-refractivity contribution in [2.45, 2.75) is 6.55 Å². The summed E-state index contributed by atoms with van der Waals surface area (Å²) in [5.74, 6) is 0.603. The van der Waals surface area contributed by atoms with Gasteiger partial charge in [0.25, 0.3) is 5.95 Å². The standard InChI is InChI=1S/C5H10O2Si/c1-6-5(7-2)4-8-3/h4H,1-3H3. The maximum atomic E-state index is 4.79.